The second-order valence-corrected chi connectivity index (χ2v) is 3.34. The molecule has 0 aliphatic carbocycles. The number of carbonyl (C=O) groups is 1. The molecule has 5 nitrogen and oxygen atoms in total. The van der Waals surface area contributed by atoms with Crippen LogP contribution in [0.1, 0.15) is 12.8 Å². The van der Waals surface area contributed by atoms with Crippen molar-refractivity contribution in [1.29, 1.82) is 0 Å². The number of piperazine rings is 1. The molecule has 2 N–H and O–H groups in total. The van der Waals surface area contributed by atoms with Crippen LogP contribution >= 0.6 is 0 Å². The number of nitrogens with zero attached hydrogens (tertiary/aromatic N) is 1. The Morgan fingerprint density at radius 2 is 1.79 bits per heavy atom. The predicted molar refractivity (Wildman–Crippen MR) is 52.5 cm³/mol. The first kappa shape index (κ1) is 11.3. The zero-order valence-electron chi connectivity index (χ0n) is 8.37. The number of rotatable bonds is 0. The van der Waals surface area contributed by atoms with Crippen molar-refractivity contribution in [2.75, 3.05) is 39.4 Å². The molecular formula is C9H18N2O3. The second-order valence-electron chi connectivity index (χ2n) is 3.34. The maximum atomic E-state index is 10.3. The van der Waals surface area contributed by atoms with Crippen LogP contribution in [-0.4, -0.2) is 55.5 Å². The summed E-state index contributed by atoms with van der Waals surface area (Å²) in [6.45, 7) is 4.81. The van der Waals surface area contributed by atoms with Gasteiger partial charge in [0.25, 0.3) is 0 Å². The lowest BCUT2D eigenvalue weighted by molar-refractivity contribution is 0.139. The molecule has 0 unspecified atom stereocenters. The summed E-state index contributed by atoms with van der Waals surface area (Å²) >= 11 is 0. The highest BCUT2D eigenvalue weighted by Crippen LogP contribution is 1.98. The Morgan fingerprint density at radius 1 is 1.21 bits per heavy atom. The predicted octanol–water partition coefficient (Wildman–Crippen LogP) is 0.366. The van der Waals surface area contributed by atoms with E-state index in [-0.39, 0.29) is 0 Å². The molecule has 0 spiro atoms. The van der Waals surface area contributed by atoms with Crippen molar-refractivity contribution in [2.45, 2.75) is 12.8 Å². The summed E-state index contributed by atoms with van der Waals surface area (Å²) in [6, 6.07) is 0. The summed E-state index contributed by atoms with van der Waals surface area (Å²) in [5, 5.41) is 11.5. The molecule has 0 atom stereocenters. The Hall–Kier alpha value is -0.810. The Labute approximate surface area is 84.0 Å². The first-order valence-electron chi connectivity index (χ1n) is 5.07. The van der Waals surface area contributed by atoms with E-state index < -0.39 is 6.09 Å². The van der Waals surface area contributed by atoms with Crippen molar-refractivity contribution in [1.82, 2.24) is 10.2 Å². The van der Waals surface area contributed by atoms with Crippen LogP contribution in [0.4, 0.5) is 4.79 Å². The average molecular weight is 202 g/mol. The molecule has 2 aliphatic rings. The maximum Gasteiger partial charge on any atom is 0.407 e. The molecule has 82 valence electrons. The van der Waals surface area contributed by atoms with Gasteiger partial charge in [0.2, 0.25) is 0 Å². The number of ether oxygens (including phenoxy) is 1. The van der Waals surface area contributed by atoms with E-state index in [1.807, 2.05) is 0 Å². The lowest BCUT2D eigenvalue weighted by Crippen LogP contribution is -2.45. The fourth-order valence-electron chi connectivity index (χ4n) is 1.37. The summed E-state index contributed by atoms with van der Waals surface area (Å²) in [7, 11) is 0. The number of hydrogen-bond acceptors (Lipinski definition) is 3. The third kappa shape index (κ3) is 4.43. The van der Waals surface area contributed by atoms with Crippen LogP contribution in [0.3, 0.4) is 0 Å². The Kier molecular flexibility index (Phi) is 5.32. The molecule has 0 radical (unpaired) electrons. The quantitative estimate of drug-likeness (QED) is 0.595. The van der Waals surface area contributed by atoms with Crippen molar-refractivity contribution in [3.63, 3.8) is 0 Å². The van der Waals surface area contributed by atoms with E-state index in [2.05, 4.69) is 5.32 Å². The fraction of sp³-hybridized carbons (Fsp3) is 0.889. The van der Waals surface area contributed by atoms with Gasteiger partial charge in [-0.15, -0.1) is 0 Å². The van der Waals surface area contributed by atoms with Gasteiger partial charge in [0.05, 0.1) is 0 Å². The lowest BCUT2D eigenvalue weighted by atomic mass is 10.4. The lowest BCUT2D eigenvalue weighted by Gasteiger charge is -2.23. The molecule has 2 rings (SSSR count). The molecule has 0 aromatic heterocycles. The first-order valence-corrected chi connectivity index (χ1v) is 5.07. The molecule has 2 saturated heterocycles. The molecule has 2 aliphatic heterocycles. The van der Waals surface area contributed by atoms with E-state index in [0.717, 1.165) is 26.3 Å². The standard InChI is InChI=1S/C5H10N2O2.C4H8O/c8-5(9)7-3-1-6-2-4-7;1-2-4-5-3-1/h6H,1-4H2,(H,8,9);1-4H2. The van der Waals surface area contributed by atoms with Gasteiger partial charge in [-0.25, -0.2) is 4.79 Å². The van der Waals surface area contributed by atoms with Gasteiger partial charge in [0.1, 0.15) is 0 Å². The van der Waals surface area contributed by atoms with Gasteiger partial charge >= 0.3 is 6.09 Å². The van der Waals surface area contributed by atoms with Crippen molar-refractivity contribution in [3.05, 3.63) is 0 Å². The van der Waals surface area contributed by atoms with E-state index in [1.165, 1.54) is 17.7 Å². The molecule has 2 heterocycles. The van der Waals surface area contributed by atoms with Crippen LogP contribution in [-0.2, 0) is 4.74 Å². The fourth-order valence-corrected chi connectivity index (χ4v) is 1.37. The van der Waals surface area contributed by atoms with Gasteiger partial charge in [0, 0.05) is 39.4 Å². The number of carboxylic acid groups (broad SMARTS) is 1. The molecular weight excluding hydrogens is 184 g/mol. The minimum Gasteiger partial charge on any atom is -0.465 e. The van der Waals surface area contributed by atoms with E-state index in [1.54, 1.807) is 0 Å². The zero-order valence-corrected chi connectivity index (χ0v) is 8.37. The molecule has 0 bridgehead atoms. The van der Waals surface area contributed by atoms with Crippen molar-refractivity contribution < 1.29 is 14.6 Å². The summed E-state index contributed by atoms with van der Waals surface area (Å²) in [6.07, 6.45) is 1.75. The Morgan fingerprint density at radius 3 is 2.07 bits per heavy atom. The van der Waals surface area contributed by atoms with E-state index in [4.69, 9.17) is 9.84 Å². The van der Waals surface area contributed by atoms with E-state index in [9.17, 15) is 4.79 Å². The summed E-state index contributed by atoms with van der Waals surface area (Å²) in [5.41, 5.74) is 0. The van der Waals surface area contributed by atoms with E-state index >= 15 is 0 Å². The third-order valence-electron chi connectivity index (χ3n) is 2.21. The van der Waals surface area contributed by atoms with Gasteiger partial charge in [-0.1, -0.05) is 0 Å². The van der Waals surface area contributed by atoms with Crippen LogP contribution in [0.15, 0.2) is 0 Å². The van der Waals surface area contributed by atoms with Crippen molar-refractivity contribution in [3.8, 4) is 0 Å². The molecule has 0 aromatic carbocycles. The molecule has 1 amide bonds. The van der Waals surface area contributed by atoms with E-state index in [0.29, 0.717) is 13.1 Å². The Bertz CT molecular complexity index is 158. The number of amides is 1. The minimum atomic E-state index is -0.809. The highest BCUT2D eigenvalue weighted by molar-refractivity contribution is 5.65. The van der Waals surface area contributed by atoms with Crippen LogP contribution in [0, 0.1) is 0 Å². The molecule has 0 saturated carbocycles. The molecule has 14 heavy (non-hydrogen) atoms. The topological polar surface area (TPSA) is 61.8 Å². The largest absolute Gasteiger partial charge is 0.465 e. The molecule has 0 aromatic rings. The maximum absolute atomic E-state index is 10.3. The second kappa shape index (κ2) is 6.62. The van der Waals surface area contributed by atoms with Crippen LogP contribution in [0.25, 0.3) is 0 Å². The van der Waals surface area contributed by atoms with Gasteiger partial charge < -0.3 is 20.1 Å². The van der Waals surface area contributed by atoms with Gasteiger partial charge in [0.15, 0.2) is 0 Å². The number of nitrogens with one attached hydrogen (secondary N) is 1. The zero-order chi connectivity index (χ0) is 10.2. The summed E-state index contributed by atoms with van der Waals surface area (Å²) in [5.74, 6) is 0. The van der Waals surface area contributed by atoms with Crippen LogP contribution in [0.2, 0.25) is 0 Å². The summed E-state index contributed by atoms with van der Waals surface area (Å²) in [4.78, 5) is 11.7. The molecule has 2 fully saturated rings. The first-order chi connectivity index (χ1) is 6.80. The Balaban J connectivity index is 0.000000165. The third-order valence-corrected chi connectivity index (χ3v) is 2.21. The SMILES string of the molecule is C1CCOC1.O=C(O)N1CCNCC1. The van der Waals surface area contributed by atoms with Crippen LogP contribution < -0.4 is 5.32 Å². The van der Waals surface area contributed by atoms with Crippen molar-refractivity contribution in [2.24, 2.45) is 0 Å². The number of hydrogen-bond donors (Lipinski definition) is 2. The van der Waals surface area contributed by atoms with Gasteiger partial charge in [-0.3, -0.25) is 0 Å². The van der Waals surface area contributed by atoms with Gasteiger partial charge in [-0.2, -0.15) is 0 Å². The normalized spacial score (nSPS) is 21.3. The highest BCUT2D eigenvalue weighted by atomic mass is 16.5. The average Bonchev–Trinajstić information content (AvgIpc) is 2.77. The van der Waals surface area contributed by atoms with Crippen LogP contribution in [0.5, 0.6) is 0 Å². The minimum absolute atomic E-state index is 0.620. The highest BCUT2D eigenvalue weighted by Gasteiger charge is 2.13. The smallest absolute Gasteiger partial charge is 0.407 e. The molecule has 5 heteroatoms. The van der Waals surface area contributed by atoms with Crippen molar-refractivity contribution >= 4 is 6.09 Å². The summed E-state index contributed by atoms with van der Waals surface area (Å²) < 4.78 is 4.94. The van der Waals surface area contributed by atoms with Gasteiger partial charge in [-0.05, 0) is 12.8 Å². The monoisotopic (exact) mass is 202 g/mol.